The van der Waals surface area contributed by atoms with Crippen LogP contribution in [0.4, 0.5) is 5.69 Å². The molecule has 0 amide bonds. The maximum absolute atomic E-state index is 5.71. The summed E-state index contributed by atoms with van der Waals surface area (Å²) < 4.78 is 6.75. The number of halogens is 1. The molecule has 15 heavy (non-hydrogen) atoms. The Kier molecular flexibility index (Phi) is 3.26. The largest absolute Gasteiger partial charge is 0.372 e. The van der Waals surface area contributed by atoms with Crippen molar-refractivity contribution in [2.75, 3.05) is 18.0 Å². The quantitative estimate of drug-likeness (QED) is 0.784. The molecule has 0 bridgehead atoms. The zero-order valence-corrected chi connectivity index (χ0v) is 10.6. The smallest absolute Gasteiger partial charge is 0.0726 e. The number of morpholine rings is 1. The van der Waals surface area contributed by atoms with Crippen molar-refractivity contribution in [3.63, 3.8) is 0 Å². The number of anilines is 1. The van der Waals surface area contributed by atoms with E-state index in [2.05, 4.69) is 39.7 Å². The van der Waals surface area contributed by atoms with Crippen LogP contribution in [0, 0.1) is 0 Å². The third-order valence-corrected chi connectivity index (χ3v) is 3.12. The first-order valence-corrected chi connectivity index (χ1v) is 5.96. The molecule has 1 saturated heterocycles. The summed E-state index contributed by atoms with van der Waals surface area (Å²) in [6.07, 6.45) is 4.23. The standard InChI is InChI=1S/C11H15BrN2O/c1-8-6-14(7-9(2)15-8)11-3-4-13-5-10(11)12/h3-5,8-9H,6-7H2,1-2H3/t8-,9+. The Morgan fingerprint density at radius 3 is 2.67 bits per heavy atom. The van der Waals surface area contributed by atoms with Gasteiger partial charge in [-0.05, 0) is 35.8 Å². The molecular formula is C11H15BrN2O. The summed E-state index contributed by atoms with van der Waals surface area (Å²) in [5, 5.41) is 0. The van der Waals surface area contributed by atoms with Crippen LogP contribution < -0.4 is 4.90 Å². The van der Waals surface area contributed by atoms with Crippen LogP contribution in [-0.4, -0.2) is 30.3 Å². The van der Waals surface area contributed by atoms with E-state index in [-0.39, 0.29) is 12.2 Å². The molecule has 2 atom stereocenters. The number of rotatable bonds is 1. The molecule has 2 heterocycles. The monoisotopic (exact) mass is 270 g/mol. The van der Waals surface area contributed by atoms with Gasteiger partial charge in [0.25, 0.3) is 0 Å². The number of pyridine rings is 1. The fourth-order valence-electron chi connectivity index (χ4n) is 2.00. The lowest BCUT2D eigenvalue weighted by Gasteiger charge is -2.37. The second-order valence-corrected chi connectivity index (χ2v) is 4.84. The van der Waals surface area contributed by atoms with Crippen LogP contribution >= 0.6 is 15.9 Å². The van der Waals surface area contributed by atoms with Crippen LogP contribution in [-0.2, 0) is 4.74 Å². The van der Waals surface area contributed by atoms with E-state index in [1.54, 1.807) is 0 Å². The van der Waals surface area contributed by atoms with E-state index in [4.69, 9.17) is 4.74 Å². The van der Waals surface area contributed by atoms with Crippen LogP contribution in [0.15, 0.2) is 22.9 Å². The molecular weight excluding hydrogens is 256 g/mol. The normalized spacial score (nSPS) is 26.7. The number of hydrogen-bond donors (Lipinski definition) is 0. The van der Waals surface area contributed by atoms with Crippen molar-refractivity contribution in [1.29, 1.82) is 0 Å². The topological polar surface area (TPSA) is 25.4 Å². The highest BCUT2D eigenvalue weighted by Crippen LogP contribution is 2.27. The minimum atomic E-state index is 0.286. The first-order valence-electron chi connectivity index (χ1n) is 5.16. The first-order chi connectivity index (χ1) is 7.16. The van der Waals surface area contributed by atoms with E-state index in [1.807, 2.05) is 18.5 Å². The highest BCUT2D eigenvalue weighted by molar-refractivity contribution is 9.10. The molecule has 4 heteroatoms. The van der Waals surface area contributed by atoms with Crippen molar-refractivity contribution in [1.82, 2.24) is 4.98 Å². The van der Waals surface area contributed by atoms with Gasteiger partial charge in [0.1, 0.15) is 0 Å². The second kappa shape index (κ2) is 4.49. The molecule has 0 aliphatic carbocycles. The van der Waals surface area contributed by atoms with Gasteiger partial charge in [-0.1, -0.05) is 0 Å². The van der Waals surface area contributed by atoms with Crippen molar-refractivity contribution >= 4 is 21.6 Å². The van der Waals surface area contributed by atoms with Gasteiger partial charge in [0, 0.05) is 25.5 Å². The number of ether oxygens (including phenoxy) is 1. The molecule has 1 aromatic heterocycles. The van der Waals surface area contributed by atoms with Crippen LogP contribution in [0.5, 0.6) is 0 Å². The number of hydrogen-bond acceptors (Lipinski definition) is 3. The number of nitrogens with zero attached hydrogens (tertiary/aromatic N) is 2. The lowest BCUT2D eigenvalue weighted by Crippen LogP contribution is -2.45. The van der Waals surface area contributed by atoms with Crippen LogP contribution in [0.2, 0.25) is 0 Å². The first kappa shape index (κ1) is 10.9. The minimum Gasteiger partial charge on any atom is -0.372 e. The predicted molar refractivity (Wildman–Crippen MR) is 64.2 cm³/mol. The summed E-state index contributed by atoms with van der Waals surface area (Å²) >= 11 is 3.53. The van der Waals surface area contributed by atoms with Gasteiger partial charge in [-0.2, -0.15) is 0 Å². The predicted octanol–water partition coefficient (Wildman–Crippen LogP) is 2.46. The van der Waals surface area contributed by atoms with Crippen molar-refractivity contribution in [2.24, 2.45) is 0 Å². The molecule has 0 unspecified atom stereocenters. The van der Waals surface area contributed by atoms with Crippen molar-refractivity contribution in [2.45, 2.75) is 26.1 Å². The molecule has 3 nitrogen and oxygen atoms in total. The summed E-state index contributed by atoms with van der Waals surface area (Å²) in [6.45, 7) is 6.09. The fraction of sp³-hybridized carbons (Fsp3) is 0.545. The Hall–Kier alpha value is -0.610. The van der Waals surface area contributed by atoms with E-state index in [0.717, 1.165) is 17.6 Å². The second-order valence-electron chi connectivity index (χ2n) is 3.99. The fourth-order valence-corrected chi connectivity index (χ4v) is 2.50. The Bertz CT molecular complexity index is 335. The van der Waals surface area contributed by atoms with E-state index in [0.29, 0.717) is 0 Å². The van der Waals surface area contributed by atoms with Gasteiger partial charge in [-0.15, -0.1) is 0 Å². The van der Waals surface area contributed by atoms with Crippen LogP contribution in [0.25, 0.3) is 0 Å². The summed E-state index contributed by atoms with van der Waals surface area (Å²) in [7, 11) is 0. The molecule has 1 fully saturated rings. The number of aromatic nitrogens is 1. The highest BCUT2D eigenvalue weighted by Gasteiger charge is 2.23. The average Bonchev–Trinajstić information content (AvgIpc) is 2.16. The molecule has 0 spiro atoms. The summed E-state index contributed by atoms with van der Waals surface area (Å²) in [5.74, 6) is 0. The average molecular weight is 271 g/mol. The van der Waals surface area contributed by atoms with Crippen molar-refractivity contribution in [3.05, 3.63) is 22.9 Å². The molecule has 0 N–H and O–H groups in total. The Morgan fingerprint density at radius 2 is 2.07 bits per heavy atom. The third-order valence-electron chi connectivity index (χ3n) is 2.51. The lowest BCUT2D eigenvalue weighted by atomic mass is 10.2. The summed E-state index contributed by atoms with van der Waals surface area (Å²) in [6, 6.07) is 2.04. The molecule has 1 aliphatic heterocycles. The van der Waals surface area contributed by atoms with E-state index in [1.165, 1.54) is 5.69 Å². The van der Waals surface area contributed by atoms with Crippen molar-refractivity contribution < 1.29 is 4.74 Å². The Morgan fingerprint density at radius 1 is 1.40 bits per heavy atom. The molecule has 2 rings (SSSR count). The zero-order valence-electron chi connectivity index (χ0n) is 8.98. The van der Waals surface area contributed by atoms with Gasteiger partial charge in [0.2, 0.25) is 0 Å². The van der Waals surface area contributed by atoms with Gasteiger partial charge in [0.05, 0.1) is 22.4 Å². The van der Waals surface area contributed by atoms with E-state index in [9.17, 15) is 0 Å². The maximum atomic E-state index is 5.71. The SMILES string of the molecule is C[C@@H]1CN(c2ccncc2Br)C[C@H](C)O1. The highest BCUT2D eigenvalue weighted by atomic mass is 79.9. The maximum Gasteiger partial charge on any atom is 0.0726 e. The lowest BCUT2D eigenvalue weighted by molar-refractivity contribution is -0.00525. The van der Waals surface area contributed by atoms with Crippen LogP contribution in [0.1, 0.15) is 13.8 Å². The summed E-state index contributed by atoms with van der Waals surface area (Å²) in [4.78, 5) is 6.41. The van der Waals surface area contributed by atoms with Crippen LogP contribution in [0.3, 0.4) is 0 Å². The molecule has 1 aliphatic rings. The van der Waals surface area contributed by atoms with Gasteiger partial charge in [-0.3, -0.25) is 4.98 Å². The molecule has 0 radical (unpaired) electrons. The Labute approximate surface area is 98.6 Å². The third kappa shape index (κ3) is 2.49. The molecule has 0 aromatic carbocycles. The zero-order chi connectivity index (χ0) is 10.8. The minimum absolute atomic E-state index is 0.286. The Balaban J connectivity index is 2.20. The van der Waals surface area contributed by atoms with Crippen molar-refractivity contribution in [3.8, 4) is 0 Å². The van der Waals surface area contributed by atoms with E-state index >= 15 is 0 Å². The molecule has 1 aromatic rings. The van der Waals surface area contributed by atoms with Gasteiger partial charge < -0.3 is 9.64 Å². The summed E-state index contributed by atoms with van der Waals surface area (Å²) in [5.41, 5.74) is 1.20. The molecule has 82 valence electrons. The van der Waals surface area contributed by atoms with Gasteiger partial charge in [-0.25, -0.2) is 0 Å². The van der Waals surface area contributed by atoms with Gasteiger partial charge in [0.15, 0.2) is 0 Å². The van der Waals surface area contributed by atoms with Gasteiger partial charge >= 0.3 is 0 Å². The van der Waals surface area contributed by atoms with E-state index < -0.39 is 0 Å². The molecule has 0 saturated carbocycles.